The van der Waals surface area contributed by atoms with Gasteiger partial charge < -0.3 is 16.2 Å². The number of carboxylic acids is 1. The van der Waals surface area contributed by atoms with Gasteiger partial charge in [0.2, 0.25) is 5.91 Å². The normalized spacial score (nSPS) is 11.7. The van der Waals surface area contributed by atoms with Crippen LogP contribution in [-0.4, -0.2) is 27.9 Å². The van der Waals surface area contributed by atoms with Crippen molar-refractivity contribution in [1.82, 2.24) is 0 Å². The molecule has 1 rings (SSSR count). The highest BCUT2D eigenvalue weighted by atomic mass is 16.6. The van der Waals surface area contributed by atoms with E-state index < -0.39 is 22.8 Å². The number of benzene rings is 1. The third kappa shape index (κ3) is 3.94. The molecular formula is C12H15N3O5. The summed E-state index contributed by atoms with van der Waals surface area (Å²) in [6, 6.07) is 3.19. The van der Waals surface area contributed by atoms with Crippen LogP contribution in [0.4, 0.5) is 11.4 Å². The number of nitrogens with two attached hydrogens (primary N) is 1. The van der Waals surface area contributed by atoms with Crippen LogP contribution < -0.4 is 11.1 Å². The fraction of sp³-hybridized carbons (Fsp3) is 0.333. The van der Waals surface area contributed by atoms with Gasteiger partial charge in [0.05, 0.1) is 11.3 Å². The summed E-state index contributed by atoms with van der Waals surface area (Å²) < 4.78 is 0. The minimum absolute atomic E-state index is 0.0828. The van der Waals surface area contributed by atoms with Gasteiger partial charge in [-0.3, -0.25) is 19.7 Å². The van der Waals surface area contributed by atoms with Crippen LogP contribution in [0.15, 0.2) is 18.2 Å². The molecule has 0 aliphatic heterocycles. The van der Waals surface area contributed by atoms with Crippen molar-refractivity contribution in [2.75, 3.05) is 5.32 Å². The lowest BCUT2D eigenvalue weighted by Gasteiger charge is -2.16. The van der Waals surface area contributed by atoms with E-state index in [4.69, 9.17) is 10.8 Å². The van der Waals surface area contributed by atoms with Crippen molar-refractivity contribution in [3.05, 3.63) is 33.9 Å². The first-order valence-electron chi connectivity index (χ1n) is 5.91. The summed E-state index contributed by atoms with van der Waals surface area (Å²) in [7, 11) is 0. The van der Waals surface area contributed by atoms with Gasteiger partial charge in [-0.05, 0) is 18.6 Å². The van der Waals surface area contributed by atoms with Crippen LogP contribution in [0.25, 0.3) is 0 Å². The fourth-order valence-corrected chi connectivity index (χ4v) is 1.69. The van der Waals surface area contributed by atoms with Crippen LogP contribution in [0, 0.1) is 10.1 Å². The van der Waals surface area contributed by atoms with E-state index in [0.717, 1.165) is 6.07 Å². The number of hydrogen-bond acceptors (Lipinski definition) is 5. The lowest BCUT2D eigenvalue weighted by atomic mass is 10.1. The maximum atomic E-state index is 11.1. The Hall–Kier alpha value is -2.64. The molecule has 1 aromatic rings. The van der Waals surface area contributed by atoms with Gasteiger partial charge in [-0.2, -0.15) is 0 Å². The zero-order chi connectivity index (χ0) is 15.3. The molecule has 4 N–H and O–H groups in total. The Bertz CT molecular complexity index is 544. The number of rotatable bonds is 7. The Balaban J connectivity index is 3.11. The largest absolute Gasteiger partial charge is 0.481 e. The lowest BCUT2D eigenvalue weighted by Crippen LogP contribution is -2.23. The summed E-state index contributed by atoms with van der Waals surface area (Å²) in [5, 5.41) is 22.5. The molecule has 0 spiro atoms. The summed E-state index contributed by atoms with van der Waals surface area (Å²) in [6.45, 7) is 1.75. The number of nitro groups is 1. The van der Waals surface area contributed by atoms with E-state index in [2.05, 4.69) is 5.32 Å². The molecule has 1 aromatic carbocycles. The Labute approximate surface area is 114 Å². The Kier molecular flexibility index (Phi) is 5.01. The number of carbonyl (C=O) groups is 2. The lowest BCUT2D eigenvalue weighted by molar-refractivity contribution is -0.384. The Morgan fingerprint density at radius 2 is 2.15 bits per heavy atom. The van der Waals surface area contributed by atoms with Crippen molar-refractivity contribution in [2.45, 2.75) is 25.8 Å². The smallest absolute Gasteiger partial charge is 0.305 e. The van der Waals surface area contributed by atoms with E-state index in [1.165, 1.54) is 12.1 Å². The number of primary amides is 1. The second-order valence-corrected chi connectivity index (χ2v) is 4.20. The highest BCUT2D eigenvalue weighted by Gasteiger charge is 2.19. The SMILES string of the molecule is CCC(CC(=O)O)Nc1cc(C(N)=O)ccc1[N+](=O)[O-]. The highest BCUT2D eigenvalue weighted by Crippen LogP contribution is 2.27. The molecule has 0 aliphatic carbocycles. The molecule has 0 aromatic heterocycles. The number of hydrogen-bond donors (Lipinski definition) is 3. The number of aliphatic carboxylic acids is 1. The zero-order valence-corrected chi connectivity index (χ0v) is 10.8. The summed E-state index contributed by atoms with van der Waals surface area (Å²) >= 11 is 0. The Morgan fingerprint density at radius 3 is 2.60 bits per heavy atom. The highest BCUT2D eigenvalue weighted by molar-refractivity contribution is 5.94. The van der Waals surface area contributed by atoms with Gasteiger partial charge in [-0.1, -0.05) is 6.92 Å². The van der Waals surface area contributed by atoms with E-state index in [9.17, 15) is 19.7 Å². The molecule has 0 fully saturated rings. The number of carboxylic acid groups (broad SMARTS) is 1. The topological polar surface area (TPSA) is 136 Å². The predicted octanol–water partition coefficient (Wildman–Crippen LogP) is 1.36. The number of anilines is 1. The number of nitrogens with zero attached hydrogens (tertiary/aromatic N) is 1. The van der Waals surface area contributed by atoms with Gasteiger partial charge in [-0.25, -0.2) is 0 Å². The molecule has 1 unspecified atom stereocenters. The second-order valence-electron chi connectivity index (χ2n) is 4.20. The number of nitro benzene ring substituents is 1. The minimum atomic E-state index is -1.02. The fourth-order valence-electron chi connectivity index (χ4n) is 1.69. The number of nitrogens with one attached hydrogen (secondary N) is 1. The third-order valence-electron chi connectivity index (χ3n) is 2.75. The van der Waals surface area contributed by atoms with E-state index in [1.807, 2.05) is 0 Å². The van der Waals surface area contributed by atoms with Crippen molar-refractivity contribution in [3.8, 4) is 0 Å². The first kappa shape index (κ1) is 15.4. The molecule has 20 heavy (non-hydrogen) atoms. The average Bonchev–Trinajstić information content (AvgIpc) is 2.36. The van der Waals surface area contributed by atoms with Crippen molar-refractivity contribution in [2.24, 2.45) is 5.73 Å². The van der Waals surface area contributed by atoms with Gasteiger partial charge in [0.15, 0.2) is 0 Å². The van der Waals surface area contributed by atoms with Crippen molar-refractivity contribution < 1.29 is 19.6 Å². The van der Waals surface area contributed by atoms with E-state index >= 15 is 0 Å². The number of amides is 1. The second kappa shape index (κ2) is 6.50. The predicted molar refractivity (Wildman–Crippen MR) is 71.6 cm³/mol. The molecule has 8 heteroatoms. The maximum Gasteiger partial charge on any atom is 0.305 e. The first-order valence-corrected chi connectivity index (χ1v) is 5.91. The van der Waals surface area contributed by atoms with Crippen molar-refractivity contribution >= 4 is 23.3 Å². The van der Waals surface area contributed by atoms with E-state index in [-0.39, 0.29) is 23.4 Å². The van der Waals surface area contributed by atoms with Gasteiger partial charge in [-0.15, -0.1) is 0 Å². The van der Waals surface area contributed by atoms with E-state index in [1.54, 1.807) is 6.92 Å². The van der Waals surface area contributed by atoms with Crippen LogP contribution in [0.2, 0.25) is 0 Å². The van der Waals surface area contributed by atoms with Gasteiger partial charge in [0, 0.05) is 17.7 Å². The zero-order valence-electron chi connectivity index (χ0n) is 10.8. The van der Waals surface area contributed by atoms with Gasteiger partial charge in [0.25, 0.3) is 5.69 Å². The minimum Gasteiger partial charge on any atom is -0.481 e. The quantitative estimate of drug-likeness (QED) is 0.510. The molecule has 1 amide bonds. The number of carbonyl (C=O) groups excluding carboxylic acids is 1. The summed E-state index contributed by atoms with van der Waals surface area (Å²) in [4.78, 5) is 32.1. The van der Waals surface area contributed by atoms with Gasteiger partial charge >= 0.3 is 5.97 Å². The van der Waals surface area contributed by atoms with Crippen molar-refractivity contribution in [1.29, 1.82) is 0 Å². The van der Waals surface area contributed by atoms with Crippen LogP contribution in [0.1, 0.15) is 30.1 Å². The van der Waals surface area contributed by atoms with Crippen molar-refractivity contribution in [3.63, 3.8) is 0 Å². The van der Waals surface area contributed by atoms with E-state index in [0.29, 0.717) is 6.42 Å². The molecule has 0 radical (unpaired) electrons. The molecule has 0 bridgehead atoms. The summed E-state index contributed by atoms with van der Waals surface area (Å²) in [6.07, 6.45) is 0.276. The molecule has 8 nitrogen and oxygen atoms in total. The average molecular weight is 281 g/mol. The molecule has 1 atom stereocenters. The molecule has 0 saturated carbocycles. The third-order valence-corrected chi connectivity index (χ3v) is 2.75. The molecular weight excluding hydrogens is 266 g/mol. The summed E-state index contributed by atoms with van der Waals surface area (Å²) in [5.41, 5.74) is 5.08. The summed E-state index contributed by atoms with van der Waals surface area (Å²) in [5.74, 6) is -1.73. The first-order chi connectivity index (χ1) is 9.35. The Morgan fingerprint density at radius 1 is 1.50 bits per heavy atom. The standard InChI is InChI=1S/C12H15N3O5/c1-2-8(6-11(16)17)14-9-5-7(12(13)18)3-4-10(9)15(19)20/h3-5,8,14H,2,6H2,1H3,(H2,13,18)(H,16,17). The van der Waals surface area contributed by atoms with Crippen LogP contribution >= 0.6 is 0 Å². The molecule has 0 saturated heterocycles. The van der Waals surface area contributed by atoms with Crippen LogP contribution in [0.3, 0.4) is 0 Å². The molecule has 0 aliphatic rings. The van der Waals surface area contributed by atoms with Crippen LogP contribution in [0.5, 0.6) is 0 Å². The molecule has 0 heterocycles. The monoisotopic (exact) mass is 281 g/mol. The maximum absolute atomic E-state index is 11.1. The molecule has 108 valence electrons. The van der Waals surface area contributed by atoms with Crippen LogP contribution in [-0.2, 0) is 4.79 Å². The van der Waals surface area contributed by atoms with Gasteiger partial charge in [0.1, 0.15) is 5.69 Å².